The van der Waals surface area contributed by atoms with E-state index in [0.29, 0.717) is 0 Å². The summed E-state index contributed by atoms with van der Waals surface area (Å²) in [5, 5.41) is 2.40. The normalized spacial score (nSPS) is 14.8. The van der Waals surface area contributed by atoms with Crippen molar-refractivity contribution < 1.29 is 0 Å². The van der Waals surface area contributed by atoms with Crippen LogP contribution in [0.1, 0.15) is 88.9 Å². The predicted octanol–water partition coefficient (Wildman–Crippen LogP) is 21.7. The van der Waals surface area contributed by atoms with Crippen LogP contribution in [0, 0.1) is 6.92 Å². The third-order valence-electron chi connectivity index (χ3n) is 18.8. The van der Waals surface area contributed by atoms with Crippen molar-refractivity contribution in [3.63, 3.8) is 0 Å². The molecule has 3 aliphatic rings. The average Bonchev–Trinajstić information content (AvgIpc) is 1.69. The van der Waals surface area contributed by atoms with E-state index in [9.17, 15) is 0 Å². The van der Waals surface area contributed by atoms with E-state index in [1.165, 1.54) is 128 Å². The number of fused-ring (bicyclic) bond motifs is 8. The van der Waals surface area contributed by atoms with Gasteiger partial charge in [-0.1, -0.05) is 265 Å². The van der Waals surface area contributed by atoms with Crippen LogP contribution >= 0.6 is 0 Å². The number of benzene rings is 12. The summed E-state index contributed by atoms with van der Waals surface area (Å²) in [7, 11) is 0. The zero-order valence-electron chi connectivity index (χ0n) is 48.2. The van der Waals surface area contributed by atoms with Gasteiger partial charge in [-0.05, 0) is 172 Å². The number of allylic oxidation sites excluding steroid dienone is 2. The van der Waals surface area contributed by atoms with Crippen LogP contribution in [0.2, 0.25) is 0 Å². The molecule has 0 atom stereocenters. The fourth-order valence-corrected chi connectivity index (χ4v) is 15.4. The second-order valence-corrected chi connectivity index (χ2v) is 23.9. The summed E-state index contributed by atoms with van der Waals surface area (Å²) in [4.78, 5) is 4.94. The summed E-state index contributed by atoms with van der Waals surface area (Å²) in [6, 6.07) is 102. The lowest BCUT2D eigenvalue weighted by atomic mass is 9.67. The summed E-state index contributed by atoms with van der Waals surface area (Å²) in [5.41, 5.74) is 28.0. The van der Waals surface area contributed by atoms with Crippen molar-refractivity contribution in [3.8, 4) is 33.4 Å². The van der Waals surface area contributed by atoms with Gasteiger partial charge in [0, 0.05) is 22.2 Å². The van der Waals surface area contributed by atoms with Crippen LogP contribution in [-0.4, -0.2) is 0 Å². The van der Waals surface area contributed by atoms with Crippen molar-refractivity contribution in [1.82, 2.24) is 0 Å². The molecule has 2 nitrogen and oxygen atoms in total. The maximum Gasteiger partial charge on any atom is 0.0713 e. The van der Waals surface area contributed by atoms with Gasteiger partial charge in [-0.2, -0.15) is 0 Å². The molecule has 15 rings (SSSR count). The van der Waals surface area contributed by atoms with Crippen LogP contribution in [0.25, 0.3) is 49.7 Å². The molecule has 0 aromatic heterocycles. The van der Waals surface area contributed by atoms with Gasteiger partial charge in [0.25, 0.3) is 0 Å². The van der Waals surface area contributed by atoms with E-state index in [1.54, 1.807) is 0 Å². The van der Waals surface area contributed by atoms with E-state index in [1.807, 2.05) is 6.08 Å². The fourth-order valence-electron chi connectivity index (χ4n) is 15.4. The third kappa shape index (κ3) is 7.36. The molecule has 0 saturated carbocycles. The smallest absolute Gasteiger partial charge is 0.0713 e. The van der Waals surface area contributed by atoms with E-state index in [0.717, 1.165) is 16.9 Å². The SMILES string of the molecule is C=C/C=C(\c1cc2c(-c3cccc4c3C(C)(C)c3ccccc3N4c3ccccc3)cccc2c(-c2cccc3c2-c2ccccc2C3(c2ccccc2)c2ccccc2)c1C)c1cccc2c1C(C)(C)c1ccccc1N2c1ccccc1. The molecule has 0 spiro atoms. The lowest BCUT2D eigenvalue weighted by molar-refractivity contribution is 0.630. The summed E-state index contributed by atoms with van der Waals surface area (Å²) >= 11 is 0. The van der Waals surface area contributed by atoms with Gasteiger partial charge in [0.05, 0.1) is 28.2 Å². The van der Waals surface area contributed by atoms with Gasteiger partial charge in [-0.3, -0.25) is 0 Å². The molecule has 0 amide bonds. The lowest BCUT2D eigenvalue weighted by Gasteiger charge is -2.43. The minimum atomic E-state index is -0.573. The summed E-state index contributed by atoms with van der Waals surface area (Å²) in [6.07, 6.45) is 4.28. The second-order valence-electron chi connectivity index (χ2n) is 23.9. The molecule has 2 heteroatoms. The Balaban J connectivity index is 1.06. The van der Waals surface area contributed by atoms with Gasteiger partial charge in [-0.25, -0.2) is 0 Å². The van der Waals surface area contributed by atoms with Crippen molar-refractivity contribution in [2.24, 2.45) is 0 Å². The Labute approximate surface area is 494 Å². The highest BCUT2D eigenvalue weighted by molar-refractivity contribution is 6.12. The van der Waals surface area contributed by atoms with Gasteiger partial charge in [0.2, 0.25) is 0 Å². The molecule has 0 unspecified atom stereocenters. The maximum absolute atomic E-state index is 4.51. The standard InChI is InChI=1S/C82H64N2/c1-7-30-59(62-42-28-51-74-78(62)80(3,4)69-46-22-24-49-72(69)83(74)57-35-16-10-17-36-57)66-53-67-60(63-43-29-52-75-79(63)81(5,6)70-47-23-25-50-73(70)84(75)58-37-18-11-19-38-58)40-26-41-61(67)76(54(66)2)65-44-27-48-71-77(65)64-39-20-21-45-68(64)82(71,55-31-12-8-13-32-55)56-33-14-9-15-34-56/h7-53H,1H2,2-6H3/b59-30-. The molecule has 0 radical (unpaired) electrons. The maximum atomic E-state index is 4.51. The molecule has 2 aliphatic heterocycles. The van der Waals surface area contributed by atoms with E-state index in [4.69, 9.17) is 0 Å². The number of rotatable bonds is 9. The molecule has 84 heavy (non-hydrogen) atoms. The summed E-state index contributed by atoms with van der Waals surface area (Å²) < 4.78 is 0. The Morgan fingerprint density at radius 3 is 1.40 bits per heavy atom. The monoisotopic (exact) mass is 1080 g/mol. The van der Waals surface area contributed by atoms with Crippen LogP contribution in [0.5, 0.6) is 0 Å². The fraction of sp³-hybridized carbons (Fsp3) is 0.0976. The molecular formula is C82H64N2. The molecule has 0 N–H and O–H groups in total. The van der Waals surface area contributed by atoms with Crippen LogP contribution < -0.4 is 9.80 Å². The van der Waals surface area contributed by atoms with Crippen LogP contribution in [-0.2, 0) is 16.2 Å². The first kappa shape index (κ1) is 50.9. The van der Waals surface area contributed by atoms with Crippen LogP contribution in [0.4, 0.5) is 34.1 Å². The molecule has 12 aromatic carbocycles. The largest absolute Gasteiger partial charge is 0.310 e. The highest BCUT2D eigenvalue weighted by Crippen LogP contribution is 2.61. The van der Waals surface area contributed by atoms with Gasteiger partial charge >= 0.3 is 0 Å². The van der Waals surface area contributed by atoms with Crippen molar-refractivity contribution >= 4 is 50.5 Å². The van der Waals surface area contributed by atoms with Crippen LogP contribution in [0.15, 0.2) is 292 Å². The van der Waals surface area contributed by atoms with E-state index in [-0.39, 0.29) is 10.8 Å². The van der Waals surface area contributed by atoms with E-state index >= 15 is 0 Å². The van der Waals surface area contributed by atoms with E-state index < -0.39 is 5.41 Å². The summed E-state index contributed by atoms with van der Waals surface area (Å²) in [5.74, 6) is 0. The first-order valence-electron chi connectivity index (χ1n) is 29.6. The third-order valence-corrected chi connectivity index (χ3v) is 18.8. The second kappa shape index (κ2) is 19.6. The number of anilines is 6. The number of hydrogen-bond donors (Lipinski definition) is 0. The topological polar surface area (TPSA) is 6.48 Å². The number of hydrogen-bond acceptors (Lipinski definition) is 2. The van der Waals surface area contributed by atoms with E-state index in [2.05, 4.69) is 330 Å². The molecule has 2 heterocycles. The first-order valence-corrected chi connectivity index (χ1v) is 29.6. The first-order chi connectivity index (χ1) is 41.1. The molecule has 0 bridgehead atoms. The minimum Gasteiger partial charge on any atom is -0.310 e. The van der Waals surface area contributed by atoms with Gasteiger partial charge in [0.1, 0.15) is 0 Å². The van der Waals surface area contributed by atoms with Gasteiger partial charge < -0.3 is 9.80 Å². The minimum absolute atomic E-state index is 0.363. The highest BCUT2D eigenvalue weighted by atomic mass is 15.2. The Hall–Kier alpha value is -10.0. The van der Waals surface area contributed by atoms with Crippen molar-refractivity contribution in [3.05, 3.63) is 353 Å². The molecule has 12 aromatic rings. The summed E-state index contributed by atoms with van der Waals surface area (Å²) in [6.45, 7) is 16.5. The molecule has 1 aliphatic carbocycles. The molecule has 0 fully saturated rings. The quantitative estimate of drug-likeness (QED) is 0.133. The Morgan fingerprint density at radius 2 is 0.798 bits per heavy atom. The Bertz CT molecular complexity index is 4580. The molecular weight excluding hydrogens is 1010 g/mol. The van der Waals surface area contributed by atoms with Crippen molar-refractivity contribution in [2.45, 2.75) is 50.9 Å². The molecule has 402 valence electrons. The zero-order valence-corrected chi connectivity index (χ0v) is 48.2. The molecule has 0 saturated heterocycles. The average molecular weight is 1080 g/mol. The zero-order chi connectivity index (χ0) is 56.9. The van der Waals surface area contributed by atoms with Crippen LogP contribution in [0.3, 0.4) is 0 Å². The Kier molecular flexibility index (Phi) is 11.9. The number of para-hydroxylation sites is 4. The highest BCUT2D eigenvalue weighted by Gasteiger charge is 2.48. The van der Waals surface area contributed by atoms with Gasteiger partial charge in [-0.15, -0.1) is 0 Å². The predicted molar refractivity (Wildman–Crippen MR) is 354 cm³/mol. The van der Waals surface area contributed by atoms with Gasteiger partial charge in [0.15, 0.2) is 0 Å². The van der Waals surface area contributed by atoms with Crippen molar-refractivity contribution in [2.75, 3.05) is 9.80 Å². The number of nitrogens with zero attached hydrogens (tertiary/aromatic N) is 2. The van der Waals surface area contributed by atoms with Crippen molar-refractivity contribution in [1.29, 1.82) is 0 Å². The Morgan fingerprint density at radius 1 is 0.357 bits per heavy atom. The lowest BCUT2D eigenvalue weighted by Crippen LogP contribution is -2.31.